The van der Waals surface area contributed by atoms with Crippen molar-refractivity contribution in [3.63, 3.8) is 0 Å². The van der Waals surface area contributed by atoms with Gasteiger partial charge < -0.3 is 20.9 Å². The Morgan fingerprint density at radius 2 is 2.05 bits per heavy atom. The monoisotopic (exact) mass is 311 g/mol. The molecule has 0 atom stereocenters. The average molecular weight is 311 g/mol. The Hall–Kier alpha value is -1.34. The second kappa shape index (κ2) is 6.62. The van der Waals surface area contributed by atoms with Crippen molar-refractivity contribution in [2.24, 2.45) is 0 Å². The van der Waals surface area contributed by atoms with Gasteiger partial charge in [0.1, 0.15) is 10.6 Å². The van der Waals surface area contributed by atoms with Gasteiger partial charge in [-0.1, -0.05) is 0 Å². The highest BCUT2D eigenvalue weighted by Gasteiger charge is 2.27. The van der Waals surface area contributed by atoms with Gasteiger partial charge >= 0.3 is 0 Å². The number of amides is 1. The largest absolute Gasteiger partial charge is 0.382 e. The summed E-state index contributed by atoms with van der Waals surface area (Å²) < 4.78 is 4.18. The van der Waals surface area contributed by atoms with Crippen LogP contribution in [0, 0.1) is 0 Å². The first kappa shape index (κ1) is 16.0. The summed E-state index contributed by atoms with van der Waals surface area (Å²) in [6.45, 7) is 5.76. The first-order valence-corrected chi connectivity index (χ1v) is 8.15. The molecule has 2 rings (SSSR count). The summed E-state index contributed by atoms with van der Waals surface area (Å²) in [5, 5.41) is 3.81. The molecule has 0 radical (unpaired) electrons. The Balaban J connectivity index is 2.13. The predicted octanol–water partition coefficient (Wildman–Crippen LogP) is 1.39. The molecule has 0 unspecified atom stereocenters. The molecule has 0 aliphatic carbocycles. The third-order valence-corrected chi connectivity index (χ3v) is 4.75. The number of nitrogens with two attached hydrogens (primary N) is 1. The van der Waals surface area contributed by atoms with Crippen LogP contribution in [-0.2, 0) is 0 Å². The summed E-state index contributed by atoms with van der Waals surface area (Å²) >= 11 is 1.32. The summed E-state index contributed by atoms with van der Waals surface area (Å²) in [5.41, 5.74) is 6.44. The van der Waals surface area contributed by atoms with E-state index < -0.39 is 0 Å². The number of carbonyl (C=O) groups excluding carboxylic acids is 1. The molecule has 0 saturated carbocycles. The summed E-state index contributed by atoms with van der Waals surface area (Å²) in [6, 6.07) is 0.698. The van der Waals surface area contributed by atoms with Crippen molar-refractivity contribution in [2.75, 3.05) is 37.8 Å². The van der Waals surface area contributed by atoms with Crippen molar-refractivity contribution in [3.8, 4) is 0 Å². The average Bonchev–Trinajstić information content (AvgIpc) is 2.80. The minimum absolute atomic E-state index is 0.0872. The van der Waals surface area contributed by atoms with Crippen LogP contribution in [0.4, 0.5) is 10.8 Å². The Kier molecular flexibility index (Phi) is 5.05. The van der Waals surface area contributed by atoms with E-state index in [1.54, 1.807) is 0 Å². The van der Waals surface area contributed by atoms with Gasteiger partial charge in [-0.3, -0.25) is 4.79 Å². The fourth-order valence-corrected chi connectivity index (χ4v) is 3.50. The maximum absolute atomic E-state index is 12.3. The lowest BCUT2D eigenvalue weighted by atomic mass is 10.0. The Bertz CT molecular complexity index is 492. The zero-order chi connectivity index (χ0) is 15.6. The molecule has 1 saturated heterocycles. The summed E-state index contributed by atoms with van der Waals surface area (Å²) in [5.74, 6) is 0.212. The minimum atomic E-state index is -0.124. The SMILES string of the molecule is CC(C)NC(=O)c1c(N)nsc1N1CCC(N(C)C)CC1. The van der Waals surface area contributed by atoms with Crippen molar-refractivity contribution in [1.82, 2.24) is 14.6 Å². The van der Waals surface area contributed by atoms with Crippen LogP contribution < -0.4 is 16.0 Å². The lowest BCUT2D eigenvalue weighted by molar-refractivity contribution is 0.0944. The number of aromatic nitrogens is 1. The molecule has 1 aliphatic heterocycles. The molecule has 1 aromatic heterocycles. The highest BCUT2D eigenvalue weighted by molar-refractivity contribution is 7.11. The van der Waals surface area contributed by atoms with Gasteiger partial charge in [0.05, 0.1) is 0 Å². The molecule has 7 heteroatoms. The number of rotatable bonds is 4. The molecule has 1 aliphatic rings. The van der Waals surface area contributed by atoms with Crippen LogP contribution >= 0.6 is 11.5 Å². The molecule has 0 bridgehead atoms. The van der Waals surface area contributed by atoms with Crippen LogP contribution in [0.25, 0.3) is 0 Å². The van der Waals surface area contributed by atoms with Crippen molar-refractivity contribution in [1.29, 1.82) is 0 Å². The topological polar surface area (TPSA) is 74.5 Å². The van der Waals surface area contributed by atoms with Crippen LogP contribution in [0.5, 0.6) is 0 Å². The number of nitrogens with one attached hydrogen (secondary N) is 1. The zero-order valence-electron chi connectivity index (χ0n) is 13.2. The first-order valence-electron chi connectivity index (χ1n) is 7.37. The van der Waals surface area contributed by atoms with Gasteiger partial charge in [0, 0.05) is 25.2 Å². The first-order chi connectivity index (χ1) is 9.90. The van der Waals surface area contributed by atoms with Crippen molar-refractivity contribution in [2.45, 2.75) is 38.8 Å². The number of nitrogens with zero attached hydrogens (tertiary/aromatic N) is 3. The van der Waals surface area contributed by atoms with Gasteiger partial charge in [0.25, 0.3) is 5.91 Å². The number of hydrogen-bond acceptors (Lipinski definition) is 6. The fourth-order valence-electron chi connectivity index (χ4n) is 2.64. The van der Waals surface area contributed by atoms with E-state index in [-0.39, 0.29) is 11.9 Å². The molecule has 1 aromatic rings. The van der Waals surface area contributed by atoms with Crippen molar-refractivity contribution < 1.29 is 4.79 Å². The third-order valence-electron chi connectivity index (χ3n) is 3.83. The normalized spacial score (nSPS) is 16.8. The highest BCUT2D eigenvalue weighted by atomic mass is 32.1. The van der Waals surface area contributed by atoms with Crippen LogP contribution in [0.3, 0.4) is 0 Å². The van der Waals surface area contributed by atoms with E-state index in [0.717, 1.165) is 30.9 Å². The maximum atomic E-state index is 12.3. The van der Waals surface area contributed by atoms with Crippen molar-refractivity contribution >= 4 is 28.3 Å². The number of hydrogen-bond donors (Lipinski definition) is 2. The second-order valence-electron chi connectivity index (χ2n) is 6.06. The van der Waals surface area contributed by atoms with Gasteiger partial charge in [-0.15, -0.1) is 0 Å². The Labute approximate surface area is 130 Å². The number of piperidine rings is 1. The van der Waals surface area contributed by atoms with Crippen LogP contribution in [-0.4, -0.2) is 54.4 Å². The predicted molar refractivity (Wildman–Crippen MR) is 88.1 cm³/mol. The van der Waals surface area contributed by atoms with Gasteiger partial charge in [-0.2, -0.15) is 4.37 Å². The fraction of sp³-hybridized carbons (Fsp3) is 0.714. The second-order valence-corrected chi connectivity index (χ2v) is 6.81. The number of carbonyl (C=O) groups is 1. The minimum Gasteiger partial charge on any atom is -0.382 e. The van der Waals surface area contributed by atoms with E-state index in [1.807, 2.05) is 13.8 Å². The molecule has 6 nitrogen and oxygen atoms in total. The van der Waals surface area contributed by atoms with E-state index in [9.17, 15) is 4.79 Å². The summed E-state index contributed by atoms with van der Waals surface area (Å²) in [7, 11) is 4.24. The van der Waals surface area contributed by atoms with Gasteiger partial charge in [-0.05, 0) is 52.3 Å². The molecule has 21 heavy (non-hydrogen) atoms. The molecule has 0 spiro atoms. The van der Waals surface area contributed by atoms with Gasteiger partial charge in [0.2, 0.25) is 0 Å². The van der Waals surface area contributed by atoms with Crippen LogP contribution in [0.1, 0.15) is 37.0 Å². The van der Waals surface area contributed by atoms with E-state index in [1.165, 1.54) is 11.5 Å². The maximum Gasteiger partial charge on any atom is 0.258 e. The Morgan fingerprint density at radius 3 is 2.57 bits per heavy atom. The van der Waals surface area contributed by atoms with Gasteiger partial charge in [0.15, 0.2) is 5.82 Å². The van der Waals surface area contributed by atoms with Crippen LogP contribution in [0.15, 0.2) is 0 Å². The molecule has 1 amide bonds. The van der Waals surface area contributed by atoms with Crippen molar-refractivity contribution in [3.05, 3.63) is 5.56 Å². The lowest BCUT2D eigenvalue weighted by Gasteiger charge is -2.35. The highest BCUT2D eigenvalue weighted by Crippen LogP contribution is 2.33. The standard InChI is InChI=1S/C14H25N5OS/c1-9(2)16-13(20)11-12(15)17-21-14(11)19-7-5-10(6-8-19)18(3)4/h9-10H,5-8H2,1-4H3,(H2,15,17)(H,16,20). The molecular formula is C14H25N5OS. The lowest BCUT2D eigenvalue weighted by Crippen LogP contribution is -2.42. The smallest absolute Gasteiger partial charge is 0.258 e. The molecule has 2 heterocycles. The molecule has 118 valence electrons. The quantitative estimate of drug-likeness (QED) is 0.879. The molecule has 3 N–H and O–H groups in total. The van der Waals surface area contributed by atoms with E-state index in [4.69, 9.17) is 5.73 Å². The molecular weight excluding hydrogens is 286 g/mol. The number of nitrogen functional groups attached to an aromatic ring is 1. The summed E-state index contributed by atoms with van der Waals surface area (Å²) in [4.78, 5) is 16.8. The van der Waals surface area contributed by atoms with E-state index in [2.05, 4.69) is 33.6 Å². The van der Waals surface area contributed by atoms with Gasteiger partial charge in [-0.25, -0.2) is 0 Å². The number of anilines is 2. The molecule has 1 fully saturated rings. The van der Waals surface area contributed by atoms with Crippen LogP contribution in [0.2, 0.25) is 0 Å². The van der Waals surface area contributed by atoms with E-state index >= 15 is 0 Å². The van der Waals surface area contributed by atoms with E-state index in [0.29, 0.717) is 17.4 Å². The summed E-state index contributed by atoms with van der Waals surface area (Å²) in [6.07, 6.45) is 2.19. The Morgan fingerprint density at radius 1 is 1.43 bits per heavy atom. The molecule has 0 aromatic carbocycles. The zero-order valence-corrected chi connectivity index (χ0v) is 14.0. The third kappa shape index (κ3) is 3.65.